The Morgan fingerprint density at radius 2 is 1.38 bits per heavy atom. The molecule has 8 heteroatoms. The van der Waals surface area contributed by atoms with E-state index in [1.165, 1.54) is 0 Å². The zero-order valence-electron chi connectivity index (χ0n) is 3.89. The van der Waals surface area contributed by atoms with Crippen LogP contribution in [0.5, 0.6) is 0 Å². The Kier molecular flexibility index (Phi) is 72.5. The van der Waals surface area contributed by atoms with Gasteiger partial charge in [0.1, 0.15) is 0 Å². The summed E-state index contributed by atoms with van der Waals surface area (Å²) in [6, 6.07) is 0. The lowest BCUT2D eigenvalue weighted by Crippen LogP contribution is -2.02. The van der Waals surface area contributed by atoms with Crippen molar-refractivity contribution in [3.05, 3.63) is 10.1 Å². The van der Waals surface area contributed by atoms with Crippen LogP contribution in [-0.4, -0.2) is 15.5 Å². The number of nitrogens with two attached hydrogens (primary N) is 3. The van der Waals surface area contributed by atoms with Crippen LogP contribution in [0.4, 0.5) is 0 Å². The number of hydrazine groups is 1. The van der Waals surface area contributed by atoms with Crippen LogP contribution in [0.3, 0.4) is 0 Å². The highest BCUT2D eigenvalue weighted by Crippen LogP contribution is 1.38. The molecule has 0 atom stereocenters. The van der Waals surface area contributed by atoms with Crippen LogP contribution in [-0.2, 0) is 0 Å². The highest BCUT2D eigenvalue weighted by molar-refractivity contribution is 3.83. The van der Waals surface area contributed by atoms with E-state index in [0.29, 0.717) is 0 Å². The van der Waals surface area contributed by atoms with E-state index in [4.69, 9.17) is 20.5 Å². The molecular formula is H8N4O4. The lowest BCUT2D eigenvalue weighted by Gasteiger charge is -1.56. The fourth-order valence-electron chi connectivity index (χ4n) is 0. The summed E-state index contributed by atoms with van der Waals surface area (Å²) in [5, 5.41) is 20.1. The Bertz CT molecular complexity index is 31.0. The Morgan fingerprint density at radius 3 is 1.38 bits per heavy atom. The lowest BCUT2D eigenvalue weighted by atomic mass is 13.0. The minimum absolute atomic E-state index is 1.50. The van der Waals surface area contributed by atoms with Gasteiger partial charge in [0, 0.05) is 0 Å². The van der Waals surface area contributed by atoms with E-state index in [1.807, 2.05) is 0 Å². The third-order valence-corrected chi connectivity index (χ3v) is 0. The topological polar surface area (TPSA) is 162 Å². The van der Waals surface area contributed by atoms with Crippen molar-refractivity contribution in [1.82, 2.24) is 0 Å². The molecule has 0 aliphatic rings. The van der Waals surface area contributed by atoms with Crippen LogP contribution in [0.1, 0.15) is 0 Å². The summed E-state index contributed by atoms with van der Waals surface area (Å²) in [5.41, 5.74) is 0. The zero-order chi connectivity index (χ0) is 7.58. The van der Waals surface area contributed by atoms with Crippen LogP contribution >= 0.6 is 0 Å². The molecule has 0 aromatic rings. The van der Waals surface area contributed by atoms with E-state index >= 15 is 0 Å². The first-order valence-electron chi connectivity index (χ1n) is 1.16. The zero-order valence-corrected chi connectivity index (χ0v) is 3.89. The summed E-state index contributed by atoms with van der Waals surface area (Å²) in [4.78, 5) is 8.36. The molecule has 0 spiro atoms. The molecule has 0 aromatic carbocycles. The van der Waals surface area contributed by atoms with Gasteiger partial charge in [-0.15, -0.1) is 10.1 Å². The average Bonchev–Trinajstić information content (AvgIpc) is 1.75. The molecule has 0 rings (SSSR count). The maximum atomic E-state index is 8.36. The smallest absolute Gasteiger partial charge is 0.291 e. The summed E-state index contributed by atoms with van der Waals surface area (Å²) in [5.74, 6) is 11.5. The third kappa shape index (κ3) is 89.3. The van der Waals surface area contributed by atoms with Crippen LogP contribution in [0.15, 0.2) is 0 Å². The number of nitrogens with zero attached hydrogens (tertiary/aromatic N) is 1. The molecule has 0 radical (unpaired) electrons. The first kappa shape index (κ1) is 15.7. The molecule has 0 saturated carbocycles. The molecule has 8 heavy (non-hydrogen) atoms. The lowest BCUT2D eigenvalue weighted by molar-refractivity contribution is -0.742. The Morgan fingerprint density at radius 1 is 1.38 bits per heavy atom. The van der Waals surface area contributed by atoms with Crippen LogP contribution in [0, 0.1) is 10.1 Å². The SMILES string of the molecule is NN.NO.O=[N+]([O-])O. The largest absolute Gasteiger partial charge is 0.328 e. The van der Waals surface area contributed by atoms with E-state index < -0.39 is 5.09 Å². The number of hydrogen-bond acceptors (Lipinski definition) is 6. The summed E-state index contributed by atoms with van der Waals surface area (Å²) in [6.45, 7) is 0. The van der Waals surface area contributed by atoms with Crippen LogP contribution < -0.4 is 17.6 Å². The van der Waals surface area contributed by atoms with Crippen molar-refractivity contribution in [2.75, 3.05) is 0 Å². The minimum atomic E-state index is -1.50. The molecule has 0 amide bonds. The maximum absolute atomic E-state index is 8.36. The van der Waals surface area contributed by atoms with E-state index in [9.17, 15) is 0 Å². The van der Waals surface area contributed by atoms with E-state index in [-0.39, 0.29) is 0 Å². The van der Waals surface area contributed by atoms with Gasteiger partial charge in [-0.25, -0.2) is 5.90 Å². The molecule has 0 fully saturated rings. The molecule has 52 valence electrons. The van der Waals surface area contributed by atoms with Crippen molar-refractivity contribution in [3.8, 4) is 0 Å². The fourth-order valence-corrected chi connectivity index (χ4v) is 0. The minimum Gasteiger partial charge on any atom is -0.328 e. The predicted molar refractivity (Wildman–Crippen MR) is 23.1 cm³/mol. The quantitative estimate of drug-likeness (QED) is 0.140. The molecule has 0 aliphatic carbocycles. The van der Waals surface area contributed by atoms with Crippen molar-refractivity contribution in [2.24, 2.45) is 17.6 Å². The van der Waals surface area contributed by atoms with Crippen LogP contribution in [0.25, 0.3) is 0 Å². The normalized spacial score (nSPS) is 4.50. The number of rotatable bonds is 0. The molecular weight excluding hydrogens is 120 g/mol. The van der Waals surface area contributed by atoms with E-state index in [2.05, 4.69) is 17.6 Å². The van der Waals surface area contributed by atoms with Crippen molar-refractivity contribution in [3.63, 3.8) is 0 Å². The van der Waals surface area contributed by atoms with Gasteiger partial charge in [0.25, 0.3) is 5.09 Å². The Balaban J connectivity index is -0.0000000542. The van der Waals surface area contributed by atoms with Gasteiger partial charge in [-0.1, -0.05) is 0 Å². The van der Waals surface area contributed by atoms with Gasteiger partial charge in [0.15, 0.2) is 0 Å². The van der Waals surface area contributed by atoms with Crippen molar-refractivity contribution in [2.45, 2.75) is 0 Å². The second-order valence-corrected chi connectivity index (χ2v) is 0.238. The third-order valence-electron chi connectivity index (χ3n) is 0. The van der Waals surface area contributed by atoms with Gasteiger partial charge < -0.3 is 10.4 Å². The molecule has 0 aliphatic heterocycles. The van der Waals surface area contributed by atoms with Gasteiger partial charge in [-0.3, -0.25) is 11.7 Å². The van der Waals surface area contributed by atoms with Crippen molar-refractivity contribution >= 4 is 0 Å². The van der Waals surface area contributed by atoms with E-state index in [1.54, 1.807) is 0 Å². The maximum Gasteiger partial charge on any atom is 0.291 e. The second kappa shape index (κ2) is 36.9. The van der Waals surface area contributed by atoms with Crippen molar-refractivity contribution in [1.29, 1.82) is 0 Å². The second-order valence-electron chi connectivity index (χ2n) is 0.238. The van der Waals surface area contributed by atoms with Gasteiger partial charge >= 0.3 is 0 Å². The summed E-state index contributed by atoms with van der Waals surface area (Å²) >= 11 is 0. The van der Waals surface area contributed by atoms with Gasteiger partial charge in [0.2, 0.25) is 0 Å². The molecule has 0 unspecified atom stereocenters. The standard InChI is InChI=1S/H4N2.HNO3.H3NO/c1-2;2-1(3)4;1-2/h1-2H2;(H,2,3,4);2H,1H2. The summed E-state index contributed by atoms with van der Waals surface area (Å²) < 4.78 is 0. The molecule has 0 heterocycles. The monoisotopic (exact) mass is 128 g/mol. The van der Waals surface area contributed by atoms with E-state index in [0.717, 1.165) is 0 Å². The highest BCUT2D eigenvalue weighted by atomic mass is 16.9. The van der Waals surface area contributed by atoms with Crippen molar-refractivity contribution < 1.29 is 15.5 Å². The summed E-state index contributed by atoms with van der Waals surface area (Å²) in [6.07, 6.45) is 0. The molecule has 8 nitrogen and oxygen atoms in total. The molecule has 0 aromatic heterocycles. The predicted octanol–water partition coefficient (Wildman–Crippen LogP) is -2.19. The van der Waals surface area contributed by atoms with Gasteiger partial charge in [-0.05, 0) is 0 Å². The van der Waals surface area contributed by atoms with Crippen LogP contribution in [0.2, 0.25) is 0 Å². The Hall–Kier alpha value is -0.960. The summed E-state index contributed by atoms with van der Waals surface area (Å²) in [7, 11) is 0. The first-order valence-corrected chi connectivity index (χ1v) is 1.16. The Labute approximate surface area is 44.5 Å². The van der Waals surface area contributed by atoms with Gasteiger partial charge in [-0.2, -0.15) is 0 Å². The van der Waals surface area contributed by atoms with Gasteiger partial charge in [0.05, 0.1) is 0 Å². The molecule has 0 saturated heterocycles. The number of hydrogen-bond donors (Lipinski definition) is 5. The average molecular weight is 128 g/mol. The first-order chi connectivity index (χ1) is 3.73. The molecule has 0 bridgehead atoms. The molecule has 8 N–H and O–H groups in total. The fraction of sp³-hybridized carbons (Fsp3) is 0. The highest BCUT2D eigenvalue weighted by Gasteiger charge is 1.65.